The van der Waals surface area contributed by atoms with E-state index in [1.165, 1.54) is 19.3 Å². The number of rotatable bonds is 9. The molecule has 2 atom stereocenters. The molecule has 0 aromatic heterocycles. The molecule has 0 spiro atoms. The second-order valence-corrected chi connectivity index (χ2v) is 12.4. The summed E-state index contributed by atoms with van der Waals surface area (Å²) in [4.78, 5) is 0. The van der Waals surface area contributed by atoms with Crippen LogP contribution in [0.2, 0.25) is 11.8 Å². The first kappa shape index (κ1) is 19.7. The molecular formula is C16H35AlO3Si. The van der Waals surface area contributed by atoms with Crippen molar-refractivity contribution in [3.8, 4) is 0 Å². The molecule has 0 aromatic rings. The van der Waals surface area contributed by atoms with Crippen LogP contribution in [0.4, 0.5) is 0 Å². The minimum absolute atomic E-state index is 0.0315. The molecule has 0 aromatic carbocycles. The highest BCUT2D eigenvalue weighted by Gasteiger charge is 2.62. The molecule has 21 heavy (non-hydrogen) atoms. The second-order valence-electron chi connectivity index (χ2n) is 6.51. The Bertz CT molecular complexity index is 290. The van der Waals surface area contributed by atoms with Crippen molar-refractivity contribution in [3.63, 3.8) is 0 Å². The zero-order chi connectivity index (χ0) is 15.9. The minimum atomic E-state index is -2.27. The SMILES string of the molecule is CCO[C]1([AlH][CH3])C(CC(C)C)CCC[Si]1(OCC)OCC. The van der Waals surface area contributed by atoms with Gasteiger partial charge in [0.15, 0.2) is 0 Å². The summed E-state index contributed by atoms with van der Waals surface area (Å²) in [5.74, 6) is 3.74. The Morgan fingerprint density at radius 1 is 1.14 bits per heavy atom. The number of hydrogen-bond acceptors (Lipinski definition) is 3. The van der Waals surface area contributed by atoms with Crippen LogP contribution >= 0.6 is 0 Å². The van der Waals surface area contributed by atoms with Crippen molar-refractivity contribution in [2.24, 2.45) is 11.8 Å². The molecular weight excluding hydrogens is 295 g/mol. The first-order valence-corrected chi connectivity index (χ1v) is 13.1. The molecule has 0 amide bonds. The van der Waals surface area contributed by atoms with Crippen molar-refractivity contribution >= 4 is 23.8 Å². The highest BCUT2D eigenvalue weighted by atomic mass is 28.4. The van der Waals surface area contributed by atoms with Crippen LogP contribution < -0.4 is 0 Å². The van der Waals surface area contributed by atoms with Crippen molar-refractivity contribution < 1.29 is 13.6 Å². The van der Waals surface area contributed by atoms with Gasteiger partial charge in [-0.1, -0.05) is 20.3 Å². The van der Waals surface area contributed by atoms with E-state index in [1.807, 2.05) is 0 Å². The van der Waals surface area contributed by atoms with Crippen LogP contribution in [0.15, 0.2) is 0 Å². The smallest absolute Gasteiger partial charge is 0.355 e. The van der Waals surface area contributed by atoms with Gasteiger partial charge >= 0.3 is 8.56 Å². The van der Waals surface area contributed by atoms with Gasteiger partial charge in [-0.15, -0.1) is 5.79 Å². The first-order chi connectivity index (χ1) is 10.0. The van der Waals surface area contributed by atoms with Crippen molar-refractivity contribution in [1.29, 1.82) is 0 Å². The molecule has 1 heterocycles. The highest BCUT2D eigenvalue weighted by molar-refractivity contribution is 6.81. The van der Waals surface area contributed by atoms with Crippen LogP contribution in [0.25, 0.3) is 0 Å². The maximum absolute atomic E-state index is 6.53. The van der Waals surface area contributed by atoms with Crippen LogP contribution in [0, 0.1) is 11.8 Å². The molecule has 0 saturated carbocycles. The topological polar surface area (TPSA) is 27.7 Å². The summed E-state index contributed by atoms with van der Waals surface area (Å²) in [5.41, 5.74) is 0. The maximum atomic E-state index is 6.53. The molecule has 5 heteroatoms. The Morgan fingerprint density at radius 3 is 2.19 bits per heavy atom. The highest BCUT2D eigenvalue weighted by Crippen LogP contribution is 2.46. The fourth-order valence-electron chi connectivity index (χ4n) is 4.26. The Morgan fingerprint density at radius 2 is 1.76 bits per heavy atom. The molecule has 0 N–H and O–H groups in total. The molecule has 1 aliphatic rings. The maximum Gasteiger partial charge on any atom is 0.355 e. The zero-order valence-corrected chi connectivity index (χ0v) is 17.5. The summed E-state index contributed by atoms with van der Waals surface area (Å²) in [6.45, 7) is 13.3. The summed E-state index contributed by atoms with van der Waals surface area (Å²) >= 11 is -0.395. The van der Waals surface area contributed by atoms with Crippen molar-refractivity contribution in [3.05, 3.63) is 0 Å². The molecule has 0 bridgehead atoms. The molecule has 1 rings (SSSR count). The third-order valence-corrected chi connectivity index (χ3v) is 13.7. The Balaban J connectivity index is 3.22. The van der Waals surface area contributed by atoms with Gasteiger partial charge in [0.25, 0.3) is 15.2 Å². The average molecular weight is 331 g/mol. The van der Waals surface area contributed by atoms with Gasteiger partial charge < -0.3 is 13.6 Å². The van der Waals surface area contributed by atoms with Crippen molar-refractivity contribution in [2.45, 2.75) is 69.8 Å². The standard InChI is InChI=1S/C15H31O3Si.CH3.Al.H/c1-6-16-15-14(12-13(4)5)10-9-11-19(15,17-7-2)18-8-3;;;/h13-14H,6-12H2,1-5H3;1H3;;. The van der Waals surface area contributed by atoms with E-state index in [2.05, 4.69) is 40.4 Å². The van der Waals surface area contributed by atoms with Crippen molar-refractivity contribution in [2.75, 3.05) is 19.8 Å². The van der Waals surface area contributed by atoms with E-state index in [0.29, 0.717) is 11.8 Å². The third kappa shape index (κ3) is 4.13. The Labute approximate surface area is 139 Å². The predicted molar refractivity (Wildman–Crippen MR) is 93.4 cm³/mol. The van der Waals surface area contributed by atoms with E-state index in [1.54, 1.807) is 0 Å². The monoisotopic (exact) mass is 330 g/mol. The Hall–Kier alpha value is 0.629. The lowest BCUT2D eigenvalue weighted by atomic mass is 9.92. The van der Waals surface area contributed by atoms with Gasteiger partial charge in [0, 0.05) is 19.8 Å². The summed E-state index contributed by atoms with van der Waals surface area (Å²) in [7, 11) is -2.27. The van der Waals surface area contributed by atoms with E-state index in [4.69, 9.17) is 13.6 Å². The van der Waals surface area contributed by atoms with E-state index < -0.39 is 23.8 Å². The van der Waals surface area contributed by atoms with Crippen LogP contribution in [-0.2, 0) is 13.6 Å². The first-order valence-electron chi connectivity index (χ1n) is 8.93. The molecule has 2 unspecified atom stereocenters. The third-order valence-electron chi connectivity index (χ3n) is 4.80. The Kier molecular flexibility index (Phi) is 8.48. The second kappa shape index (κ2) is 9.05. The summed E-state index contributed by atoms with van der Waals surface area (Å²) in [6, 6.07) is 1.12. The van der Waals surface area contributed by atoms with E-state index in [0.717, 1.165) is 25.9 Å². The van der Waals surface area contributed by atoms with Gasteiger partial charge in [-0.3, -0.25) is 0 Å². The van der Waals surface area contributed by atoms with Gasteiger partial charge in [-0.25, -0.2) is 0 Å². The van der Waals surface area contributed by atoms with Gasteiger partial charge in [-0.05, 0) is 51.5 Å². The van der Waals surface area contributed by atoms with Crippen LogP contribution in [0.1, 0.15) is 53.9 Å². The summed E-state index contributed by atoms with van der Waals surface area (Å²) in [6.07, 6.45) is 3.77. The molecule has 0 radical (unpaired) electrons. The van der Waals surface area contributed by atoms with Gasteiger partial charge in [0.1, 0.15) is 0 Å². The molecule has 0 aliphatic carbocycles. The van der Waals surface area contributed by atoms with Gasteiger partial charge in [-0.2, -0.15) is 0 Å². The largest absolute Gasteiger partial charge is 0.394 e. The quantitative estimate of drug-likeness (QED) is 0.603. The molecule has 3 nitrogen and oxygen atoms in total. The summed E-state index contributed by atoms with van der Waals surface area (Å²) < 4.78 is 19.3. The molecule has 1 fully saturated rings. The van der Waals surface area contributed by atoms with Crippen LogP contribution in [-0.4, -0.2) is 47.7 Å². The van der Waals surface area contributed by atoms with Crippen LogP contribution in [0.3, 0.4) is 0 Å². The minimum Gasteiger partial charge on any atom is -0.394 e. The summed E-state index contributed by atoms with van der Waals surface area (Å²) in [5, 5.41) is 0. The zero-order valence-electron chi connectivity index (χ0n) is 15.0. The fourth-order valence-corrected chi connectivity index (χ4v) is 13.0. The normalized spacial score (nSPS) is 28.8. The van der Waals surface area contributed by atoms with Crippen molar-refractivity contribution in [1.82, 2.24) is 0 Å². The lowest BCUT2D eigenvalue weighted by Gasteiger charge is -2.54. The van der Waals surface area contributed by atoms with Crippen LogP contribution in [0.5, 0.6) is 0 Å². The average Bonchev–Trinajstić information content (AvgIpc) is 2.43. The van der Waals surface area contributed by atoms with E-state index >= 15 is 0 Å². The number of hydrogen-bond donors (Lipinski definition) is 0. The van der Waals surface area contributed by atoms with E-state index in [-0.39, 0.29) is 4.09 Å². The fraction of sp³-hybridized carbons (Fsp3) is 1.00. The molecule has 124 valence electrons. The lowest BCUT2D eigenvalue weighted by molar-refractivity contribution is -0.0282. The van der Waals surface area contributed by atoms with E-state index in [9.17, 15) is 0 Å². The molecule has 1 saturated heterocycles. The molecule has 1 aliphatic heterocycles. The lowest BCUT2D eigenvalue weighted by Crippen LogP contribution is -2.72. The predicted octanol–water partition coefficient (Wildman–Crippen LogP) is 3.71. The van der Waals surface area contributed by atoms with Gasteiger partial charge in [0.05, 0.1) is 4.09 Å². The van der Waals surface area contributed by atoms with Gasteiger partial charge in [0.2, 0.25) is 0 Å². The number of ether oxygens (including phenoxy) is 1.